The van der Waals surface area contributed by atoms with Crippen LogP contribution in [-0.2, 0) is 0 Å². The summed E-state index contributed by atoms with van der Waals surface area (Å²) >= 11 is 1.81. The Kier molecular flexibility index (Phi) is 4.84. The van der Waals surface area contributed by atoms with Gasteiger partial charge in [-0.1, -0.05) is 19.0 Å². The molecule has 2 rings (SSSR count). The Hall–Kier alpha value is -1.20. The van der Waals surface area contributed by atoms with E-state index >= 15 is 0 Å². The van der Waals surface area contributed by atoms with Crippen LogP contribution in [0.15, 0.2) is 4.52 Å². The Morgan fingerprint density at radius 1 is 1.00 bits per heavy atom. The summed E-state index contributed by atoms with van der Waals surface area (Å²) in [5.41, 5.74) is 3.26. The van der Waals surface area contributed by atoms with Crippen molar-refractivity contribution in [2.24, 2.45) is 0 Å². The van der Waals surface area contributed by atoms with Crippen molar-refractivity contribution >= 4 is 11.3 Å². The van der Waals surface area contributed by atoms with E-state index in [2.05, 4.69) is 50.1 Å². The van der Waals surface area contributed by atoms with Gasteiger partial charge < -0.3 is 9.84 Å². The maximum Gasteiger partial charge on any atom is 0.138 e. The minimum atomic E-state index is 0.204. The average Bonchev–Trinajstić information content (AvgIpc) is 2.93. The van der Waals surface area contributed by atoms with Crippen molar-refractivity contribution in [3.8, 4) is 0 Å². The molecule has 2 aromatic heterocycles. The molecule has 2 unspecified atom stereocenters. The third-order valence-electron chi connectivity index (χ3n) is 3.76. The zero-order valence-corrected chi connectivity index (χ0v) is 14.8. The topological polar surface area (TPSA) is 51.0 Å². The molecule has 0 aliphatic rings. The van der Waals surface area contributed by atoms with E-state index in [4.69, 9.17) is 4.52 Å². The first-order valence-corrected chi connectivity index (χ1v) is 8.29. The predicted molar refractivity (Wildman–Crippen MR) is 86.9 cm³/mol. The van der Waals surface area contributed by atoms with Gasteiger partial charge >= 0.3 is 0 Å². The van der Waals surface area contributed by atoms with Gasteiger partial charge in [-0.2, -0.15) is 0 Å². The van der Waals surface area contributed by atoms with E-state index in [9.17, 15) is 0 Å². The summed E-state index contributed by atoms with van der Waals surface area (Å²) in [4.78, 5) is 6.00. The Bertz CT molecular complexity index is 596. The molecule has 0 amide bonds. The normalized spacial score (nSPS) is 14.7. The largest absolute Gasteiger partial charge is 0.361 e. The summed E-state index contributed by atoms with van der Waals surface area (Å²) in [6.07, 6.45) is 0. The second-order valence-corrected chi connectivity index (χ2v) is 7.07. The molecule has 0 aliphatic heterocycles. The summed E-state index contributed by atoms with van der Waals surface area (Å²) in [7, 11) is 0. The van der Waals surface area contributed by atoms with Crippen LogP contribution in [0.1, 0.15) is 78.3 Å². The number of aryl methyl sites for hydroxylation is 3. The number of rotatable bonds is 5. The number of hydrogen-bond acceptors (Lipinski definition) is 5. The first-order chi connectivity index (χ1) is 9.81. The van der Waals surface area contributed by atoms with Crippen molar-refractivity contribution in [3.63, 3.8) is 0 Å². The third-order valence-corrected chi connectivity index (χ3v) is 5.40. The zero-order chi connectivity index (χ0) is 15.7. The second-order valence-electron chi connectivity index (χ2n) is 6.00. The van der Waals surface area contributed by atoms with Gasteiger partial charge in [0.2, 0.25) is 0 Å². The third kappa shape index (κ3) is 3.35. The van der Waals surface area contributed by atoms with E-state index in [0.29, 0.717) is 5.92 Å². The molecule has 1 N–H and O–H groups in total. The molecule has 0 saturated carbocycles. The molecule has 0 fully saturated rings. The SMILES string of the molecule is Cc1nc(C(C)C)sc1C(C)NC(C)c1c(C)noc1C. The van der Waals surface area contributed by atoms with Crippen LogP contribution in [-0.4, -0.2) is 10.1 Å². The van der Waals surface area contributed by atoms with Crippen molar-refractivity contribution in [3.05, 3.63) is 32.6 Å². The summed E-state index contributed by atoms with van der Waals surface area (Å²) in [6, 6.07) is 0.467. The molecule has 0 aliphatic carbocycles. The minimum Gasteiger partial charge on any atom is -0.361 e. The van der Waals surface area contributed by atoms with E-state index in [-0.39, 0.29) is 12.1 Å². The van der Waals surface area contributed by atoms with E-state index in [0.717, 1.165) is 22.7 Å². The molecule has 2 atom stereocenters. The lowest BCUT2D eigenvalue weighted by molar-refractivity contribution is 0.389. The van der Waals surface area contributed by atoms with Crippen LogP contribution in [0.3, 0.4) is 0 Å². The van der Waals surface area contributed by atoms with Gasteiger partial charge in [0.25, 0.3) is 0 Å². The Morgan fingerprint density at radius 2 is 1.67 bits per heavy atom. The molecule has 0 bridgehead atoms. The molecular formula is C16H25N3OS. The fourth-order valence-corrected chi connectivity index (χ4v) is 3.80. The molecule has 2 heterocycles. The quantitative estimate of drug-likeness (QED) is 0.877. The second kappa shape index (κ2) is 6.28. The van der Waals surface area contributed by atoms with Crippen LogP contribution in [0.5, 0.6) is 0 Å². The predicted octanol–water partition coefficient (Wildman–Crippen LogP) is 4.59. The van der Waals surface area contributed by atoms with E-state index in [1.165, 1.54) is 9.88 Å². The van der Waals surface area contributed by atoms with Gasteiger partial charge in [0, 0.05) is 28.4 Å². The van der Waals surface area contributed by atoms with Crippen molar-refractivity contribution < 1.29 is 4.52 Å². The first kappa shape index (κ1) is 16.2. The van der Waals surface area contributed by atoms with Crippen LogP contribution in [0.25, 0.3) is 0 Å². The minimum absolute atomic E-state index is 0.204. The number of nitrogens with zero attached hydrogens (tertiary/aromatic N) is 2. The van der Waals surface area contributed by atoms with E-state index in [1.807, 2.05) is 25.2 Å². The fourth-order valence-electron chi connectivity index (χ4n) is 2.72. The molecule has 0 saturated heterocycles. The molecule has 5 heteroatoms. The maximum absolute atomic E-state index is 5.26. The van der Waals surface area contributed by atoms with Crippen molar-refractivity contribution in [2.75, 3.05) is 0 Å². The highest BCUT2D eigenvalue weighted by Crippen LogP contribution is 2.31. The van der Waals surface area contributed by atoms with Gasteiger partial charge in [-0.3, -0.25) is 0 Å². The lowest BCUT2D eigenvalue weighted by atomic mass is 10.1. The summed E-state index contributed by atoms with van der Waals surface area (Å²) < 4.78 is 5.26. The van der Waals surface area contributed by atoms with E-state index in [1.54, 1.807) is 0 Å². The van der Waals surface area contributed by atoms with Crippen molar-refractivity contribution in [1.29, 1.82) is 0 Å². The molecule has 0 radical (unpaired) electrons. The van der Waals surface area contributed by atoms with Crippen LogP contribution in [0.2, 0.25) is 0 Å². The number of hydrogen-bond donors (Lipinski definition) is 1. The van der Waals surface area contributed by atoms with Crippen LogP contribution >= 0.6 is 11.3 Å². The highest BCUT2D eigenvalue weighted by Gasteiger charge is 2.21. The van der Waals surface area contributed by atoms with Crippen LogP contribution in [0.4, 0.5) is 0 Å². The monoisotopic (exact) mass is 307 g/mol. The number of thiazole rings is 1. The van der Waals surface area contributed by atoms with Crippen molar-refractivity contribution in [2.45, 2.75) is 66.5 Å². The fraction of sp³-hybridized carbons (Fsp3) is 0.625. The molecule has 4 nitrogen and oxygen atoms in total. The lowest BCUT2D eigenvalue weighted by Crippen LogP contribution is -2.23. The van der Waals surface area contributed by atoms with Gasteiger partial charge in [0.15, 0.2) is 0 Å². The summed E-state index contributed by atoms with van der Waals surface area (Å²) in [5.74, 6) is 1.37. The van der Waals surface area contributed by atoms with Gasteiger partial charge in [-0.15, -0.1) is 11.3 Å². The molecule has 21 heavy (non-hydrogen) atoms. The summed E-state index contributed by atoms with van der Waals surface area (Å²) in [6.45, 7) is 14.8. The molecule has 0 spiro atoms. The highest BCUT2D eigenvalue weighted by atomic mass is 32.1. The first-order valence-electron chi connectivity index (χ1n) is 7.47. The standard InChI is InChI=1S/C16H25N3OS/c1-8(2)16-18-12(6)15(21-16)11(5)17-9(3)14-10(4)19-20-13(14)7/h8-9,11,17H,1-7H3. The van der Waals surface area contributed by atoms with Crippen LogP contribution < -0.4 is 5.32 Å². The smallest absolute Gasteiger partial charge is 0.138 e. The summed E-state index contributed by atoms with van der Waals surface area (Å²) in [5, 5.41) is 8.89. The van der Waals surface area contributed by atoms with Crippen LogP contribution in [0, 0.1) is 20.8 Å². The van der Waals surface area contributed by atoms with Gasteiger partial charge in [0.1, 0.15) is 5.76 Å². The molecule has 116 valence electrons. The highest BCUT2D eigenvalue weighted by molar-refractivity contribution is 7.11. The number of nitrogens with one attached hydrogen (secondary N) is 1. The Labute approximate surface area is 131 Å². The Morgan fingerprint density at radius 3 is 2.14 bits per heavy atom. The average molecular weight is 307 g/mol. The maximum atomic E-state index is 5.26. The van der Waals surface area contributed by atoms with Gasteiger partial charge in [-0.25, -0.2) is 4.98 Å². The molecule has 0 aromatic carbocycles. The van der Waals surface area contributed by atoms with Gasteiger partial charge in [-0.05, 0) is 34.6 Å². The van der Waals surface area contributed by atoms with Gasteiger partial charge in [0.05, 0.1) is 16.4 Å². The number of aromatic nitrogens is 2. The Balaban J connectivity index is 2.16. The lowest BCUT2D eigenvalue weighted by Gasteiger charge is -2.19. The van der Waals surface area contributed by atoms with Crippen molar-refractivity contribution in [1.82, 2.24) is 15.5 Å². The zero-order valence-electron chi connectivity index (χ0n) is 13.9. The molecule has 2 aromatic rings. The molecular weight excluding hydrogens is 282 g/mol. The van der Waals surface area contributed by atoms with E-state index < -0.39 is 0 Å².